The molecule has 0 aliphatic carbocycles. The van der Waals surface area contributed by atoms with Crippen molar-refractivity contribution in [2.75, 3.05) is 26.4 Å². The van der Waals surface area contributed by atoms with Gasteiger partial charge in [-0.15, -0.1) is 0 Å². The fraction of sp³-hybridized carbons (Fsp3) is 0.333. The summed E-state index contributed by atoms with van der Waals surface area (Å²) in [5.41, 5.74) is 2.62. The first-order chi connectivity index (χ1) is 13.2. The fourth-order valence-electron chi connectivity index (χ4n) is 2.73. The molecule has 142 valence electrons. The van der Waals surface area contributed by atoms with Gasteiger partial charge in [0.1, 0.15) is 13.2 Å². The largest absolute Gasteiger partial charge is 0.486 e. The first kappa shape index (κ1) is 18.8. The van der Waals surface area contributed by atoms with E-state index >= 15 is 0 Å². The van der Waals surface area contributed by atoms with E-state index in [4.69, 9.17) is 14.2 Å². The highest BCUT2D eigenvalue weighted by atomic mass is 16.6. The lowest BCUT2D eigenvalue weighted by atomic mass is 10.1. The highest BCUT2D eigenvalue weighted by Crippen LogP contribution is 2.30. The summed E-state index contributed by atoms with van der Waals surface area (Å²) in [6.45, 7) is 3.29. The number of rotatable bonds is 7. The van der Waals surface area contributed by atoms with Gasteiger partial charge in [-0.05, 0) is 48.2 Å². The summed E-state index contributed by atoms with van der Waals surface area (Å²) in [5, 5.41) is 2.75. The van der Waals surface area contributed by atoms with Gasteiger partial charge in [0.25, 0.3) is 5.91 Å². The molecule has 1 amide bonds. The van der Waals surface area contributed by atoms with Crippen molar-refractivity contribution < 1.29 is 23.8 Å². The summed E-state index contributed by atoms with van der Waals surface area (Å²) in [7, 11) is 0. The minimum Gasteiger partial charge on any atom is -0.486 e. The van der Waals surface area contributed by atoms with Crippen molar-refractivity contribution in [3.8, 4) is 11.5 Å². The van der Waals surface area contributed by atoms with Gasteiger partial charge in [0.05, 0.1) is 5.56 Å². The summed E-state index contributed by atoms with van der Waals surface area (Å²) in [4.78, 5) is 23.8. The molecule has 1 aliphatic heterocycles. The van der Waals surface area contributed by atoms with Crippen molar-refractivity contribution in [3.05, 3.63) is 59.2 Å². The fourth-order valence-corrected chi connectivity index (χ4v) is 2.73. The maximum atomic E-state index is 12.0. The van der Waals surface area contributed by atoms with E-state index in [1.54, 1.807) is 12.1 Å². The Labute approximate surface area is 158 Å². The number of carbonyl (C=O) groups is 2. The molecule has 1 aliphatic rings. The van der Waals surface area contributed by atoms with Crippen molar-refractivity contribution in [1.82, 2.24) is 5.32 Å². The number of hydrogen-bond acceptors (Lipinski definition) is 5. The Morgan fingerprint density at radius 3 is 2.44 bits per heavy atom. The lowest BCUT2D eigenvalue weighted by molar-refractivity contribution is -0.124. The molecule has 0 aromatic heterocycles. The van der Waals surface area contributed by atoms with Gasteiger partial charge in [-0.3, -0.25) is 4.79 Å². The highest BCUT2D eigenvalue weighted by Gasteiger charge is 2.12. The summed E-state index contributed by atoms with van der Waals surface area (Å²) < 4.78 is 16.1. The van der Waals surface area contributed by atoms with Crippen LogP contribution in [0.15, 0.2) is 42.5 Å². The van der Waals surface area contributed by atoms with E-state index in [1.165, 1.54) is 0 Å². The molecule has 1 N–H and O–H groups in total. The number of carbonyl (C=O) groups excluding carboxylic acids is 2. The van der Waals surface area contributed by atoms with Crippen LogP contribution in [0.25, 0.3) is 0 Å². The van der Waals surface area contributed by atoms with Gasteiger partial charge < -0.3 is 19.5 Å². The molecule has 3 rings (SSSR count). The molecule has 0 unspecified atom stereocenters. The number of amides is 1. The van der Waals surface area contributed by atoms with Crippen LogP contribution in [0.5, 0.6) is 11.5 Å². The van der Waals surface area contributed by atoms with Crippen LogP contribution in [0.3, 0.4) is 0 Å². The third-order valence-corrected chi connectivity index (χ3v) is 4.27. The van der Waals surface area contributed by atoms with Crippen LogP contribution < -0.4 is 14.8 Å². The number of nitrogens with one attached hydrogen (secondary N) is 1. The number of ether oxygens (including phenoxy) is 3. The number of fused-ring (bicyclic) bond motifs is 1. The molecule has 2 aromatic rings. The van der Waals surface area contributed by atoms with Crippen LogP contribution in [0.1, 0.15) is 28.4 Å². The van der Waals surface area contributed by atoms with Gasteiger partial charge in [-0.1, -0.05) is 25.1 Å². The number of esters is 1. The second-order valence-electron chi connectivity index (χ2n) is 6.20. The van der Waals surface area contributed by atoms with Gasteiger partial charge >= 0.3 is 5.97 Å². The highest BCUT2D eigenvalue weighted by molar-refractivity contribution is 5.91. The summed E-state index contributed by atoms with van der Waals surface area (Å²) in [6, 6.07) is 12.9. The molecule has 0 saturated carbocycles. The Kier molecular flexibility index (Phi) is 6.30. The van der Waals surface area contributed by atoms with Crippen molar-refractivity contribution in [2.24, 2.45) is 0 Å². The van der Waals surface area contributed by atoms with Gasteiger partial charge in [0, 0.05) is 6.54 Å². The Bertz CT molecular complexity index is 801. The van der Waals surface area contributed by atoms with Crippen molar-refractivity contribution >= 4 is 11.9 Å². The van der Waals surface area contributed by atoms with E-state index in [1.807, 2.05) is 37.3 Å². The van der Waals surface area contributed by atoms with Crippen molar-refractivity contribution in [3.63, 3.8) is 0 Å². The van der Waals surface area contributed by atoms with Crippen LogP contribution in [0.4, 0.5) is 0 Å². The van der Waals surface area contributed by atoms with Crippen LogP contribution >= 0.6 is 0 Å². The lowest BCUT2D eigenvalue weighted by Gasteiger charge is -2.18. The molecular weight excluding hydrogens is 346 g/mol. The van der Waals surface area contributed by atoms with E-state index in [0.29, 0.717) is 31.7 Å². The number of aryl methyl sites for hydroxylation is 1. The number of benzene rings is 2. The van der Waals surface area contributed by atoms with Crippen LogP contribution in [0.2, 0.25) is 0 Å². The second kappa shape index (κ2) is 9.07. The van der Waals surface area contributed by atoms with Crippen LogP contribution in [-0.4, -0.2) is 38.2 Å². The SMILES string of the molecule is CCc1ccc(C(=O)OCC(=O)NCCc2ccc3c(c2)OCCO3)cc1. The Hall–Kier alpha value is -3.02. The summed E-state index contributed by atoms with van der Waals surface area (Å²) in [6.07, 6.45) is 1.55. The predicted molar refractivity (Wildman–Crippen MR) is 100 cm³/mol. The zero-order valence-electron chi connectivity index (χ0n) is 15.3. The molecule has 0 spiro atoms. The van der Waals surface area contributed by atoms with E-state index in [-0.39, 0.29) is 12.5 Å². The maximum absolute atomic E-state index is 12.0. The van der Waals surface area contributed by atoms with Gasteiger partial charge in [0.15, 0.2) is 18.1 Å². The quantitative estimate of drug-likeness (QED) is 0.759. The zero-order chi connectivity index (χ0) is 19.1. The molecule has 0 fully saturated rings. The smallest absolute Gasteiger partial charge is 0.338 e. The molecule has 2 aromatic carbocycles. The molecule has 0 atom stereocenters. The van der Waals surface area contributed by atoms with Gasteiger partial charge in [-0.25, -0.2) is 4.79 Å². The Morgan fingerprint density at radius 1 is 1.00 bits per heavy atom. The molecule has 0 radical (unpaired) electrons. The normalized spacial score (nSPS) is 12.3. The lowest BCUT2D eigenvalue weighted by Crippen LogP contribution is -2.30. The van der Waals surface area contributed by atoms with E-state index < -0.39 is 5.97 Å². The van der Waals surface area contributed by atoms with Gasteiger partial charge in [0.2, 0.25) is 0 Å². The molecule has 27 heavy (non-hydrogen) atoms. The van der Waals surface area contributed by atoms with E-state index in [0.717, 1.165) is 29.0 Å². The van der Waals surface area contributed by atoms with E-state index in [2.05, 4.69) is 5.32 Å². The maximum Gasteiger partial charge on any atom is 0.338 e. The Balaban J connectivity index is 1.40. The first-order valence-corrected chi connectivity index (χ1v) is 9.07. The molecule has 1 heterocycles. The molecule has 0 saturated heterocycles. The number of hydrogen-bond donors (Lipinski definition) is 1. The molecular formula is C21H23NO5. The second-order valence-corrected chi connectivity index (χ2v) is 6.20. The van der Waals surface area contributed by atoms with Gasteiger partial charge in [-0.2, -0.15) is 0 Å². The topological polar surface area (TPSA) is 73.9 Å². The zero-order valence-corrected chi connectivity index (χ0v) is 15.3. The minimum atomic E-state index is -0.500. The van der Waals surface area contributed by atoms with Crippen LogP contribution in [0, 0.1) is 0 Å². The first-order valence-electron chi connectivity index (χ1n) is 9.07. The monoisotopic (exact) mass is 369 g/mol. The average molecular weight is 369 g/mol. The van der Waals surface area contributed by atoms with E-state index in [9.17, 15) is 9.59 Å². The minimum absolute atomic E-state index is 0.296. The molecule has 6 heteroatoms. The summed E-state index contributed by atoms with van der Waals surface area (Å²) >= 11 is 0. The predicted octanol–water partition coefficient (Wildman–Crippen LogP) is 2.54. The summed E-state index contributed by atoms with van der Waals surface area (Å²) in [5.74, 6) is 0.645. The molecule has 6 nitrogen and oxygen atoms in total. The van der Waals surface area contributed by atoms with Crippen molar-refractivity contribution in [1.29, 1.82) is 0 Å². The Morgan fingerprint density at radius 2 is 1.70 bits per heavy atom. The third kappa shape index (κ3) is 5.23. The van der Waals surface area contributed by atoms with Crippen LogP contribution in [-0.2, 0) is 22.4 Å². The van der Waals surface area contributed by atoms with Crippen molar-refractivity contribution in [2.45, 2.75) is 19.8 Å². The average Bonchev–Trinajstić information content (AvgIpc) is 2.72. The third-order valence-electron chi connectivity index (χ3n) is 4.27. The molecule has 0 bridgehead atoms. The standard InChI is InChI=1S/C21H23NO5/c1-2-15-3-6-17(7-4-15)21(24)27-14-20(23)22-10-9-16-5-8-18-19(13-16)26-12-11-25-18/h3-8,13H,2,9-12,14H2,1H3,(H,22,23).